The normalized spacial score (nSPS) is 10.3. The molecule has 2 rings (SSSR count). The molecule has 0 atom stereocenters. The Labute approximate surface area is 118 Å². The van der Waals surface area contributed by atoms with E-state index < -0.39 is 23.2 Å². The number of carbonyl (C=O) groups is 1. The SMILES string of the molecule is O=C(O)c1ccc(OCc2cc(F)ccc2Cl)cc1F. The Morgan fingerprint density at radius 3 is 2.60 bits per heavy atom. The predicted molar refractivity (Wildman–Crippen MR) is 69.1 cm³/mol. The van der Waals surface area contributed by atoms with Crippen molar-refractivity contribution < 1.29 is 23.4 Å². The van der Waals surface area contributed by atoms with Gasteiger partial charge in [-0.15, -0.1) is 0 Å². The number of carboxylic acid groups (broad SMARTS) is 1. The molecule has 6 heteroatoms. The van der Waals surface area contributed by atoms with Gasteiger partial charge < -0.3 is 9.84 Å². The molecule has 2 aromatic carbocycles. The van der Waals surface area contributed by atoms with E-state index in [2.05, 4.69) is 0 Å². The summed E-state index contributed by atoms with van der Waals surface area (Å²) in [5.74, 6) is -2.59. The van der Waals surface area contributed by atoms with Crippen molar-refractivity contribution in [1.82, 2.24) is 0 Å². The van der Waals surface area contributed by atoms with Gasteiger partial charge in [0.2, 0.25) is 0 Å². The van der Waals surface area contributed by atoms with E-state index in [0.717, 1.165) is 12.1 Å². The third-order valence-corrected chi connectivity index (χ3v) is 2.94. The van der Waals surface area contributed by atoms with Crippen LogP contribution in [0.3, 0.4) is 0 Å². The molecule has 0 unspecified atom stereocenters. The number of benzene rings is 2. The van der Waals surface area contributed by atoms with Crippen LogP contribution in [0.25, 0.3) is 0 Å². The second-order valence-electron chi connectivity index (χ2n) is 3.97. The van der Waals surface area contributed by atoms with Crippen LogP contribution in [0.4, 0.5) is 8.78 Å². The van der Waals surface area contributed by atoms with Crippen molar-refractivity contribution in [2.75, 3.05) is 0 Å². The third-order valence-electron chi connectivity index (χ3n) is 2.57. The molecule has 0 aliphatic carbocycles. The van der Waals surface area contributed by atoms with Gasteiger partial charge in [-0.05, 0) is 30.3 Å². The molecule has 0 heterocycles. The van der Waals surface area contributed by atoms with E-state index in [-0.39, 0.29) is 12.4 Å². The molecule has 0 aromatic heterocycles. The molecule has 1 N–H and O–H groups in total. The van der Waals surface area contributed by atoms with Crippen LogP contribution in [0.1, 0.15) is 15.9 Å². The molecule has 0 bridgehead atoms. The van der Waals surface area contributed by atoms with Crippen molar-refractivity contribution in [2.24, 2.45) is 0 Å². The fourth-order valence-electron chi connectivity index (χ4n) is 1.57. The van der Waals surface area contributed by atoms with Crippen molar-refractivity contribution >= 4 is 17.6 Å². The number of ether oxygens (including phenoxy) is 1. The van der Waals surface area contributed by atoms with Crippen molar-refractivity contribution in [2.45, 2.75) is 6.61 Å². The molecule has 3 nitrogen and oxygen atoms in total. The number of hydrogen-bond acceptors (Lipinski definition) is 2. The van der Waals surface area contributed by atoms with E-state index in [9.17, 15) is 13.6 Å². The molecule has 0 aliphatic heterocycles. The fourth-order valence-corrected chi connectivity index (χ4v) is 1.75. The second kappa shape index (κ2) is 5.88. The smallest absolute Gasteiger partial charge is 0.338 e. The average Bonchev–Trinajstić information content (AvgIpc) is 2.39. The first-order valence-corrected chi connectivity index (χ1v) is 5.95. The minimum atomic E-state index is -1.36. The number of aromatic carboxylic acids is 1. The van der Waals surface area contributed by atoms with Gasteiger partial charge in [0.1, 0.15) is 24.0 Å². The molecule has 0 aliphatic rings. The number of carboxylic acids is 1. The molecule has 0 fully saturated rings. The van der Waals surface area contributed by atoms with Gasteiger partial charge in [-0.2, -0.15) is 0 Å². The van der Waals surface area contributed by atoms with E-state index in [1.54, 1.807) is 0 Å². The Balaban J connectivity index is 2.13. The minimum absolute atomic E-state index is 0.0531. The first kappa shape index (κ1) is 14.3. The maximum atomic E-state index is 13.4. The maximum Gasteiger partial charge on any atom is 0.338 e. The van der Waals surface area contributed by atoms with Gasteiger partial charge in [-0.25, -0.2) is 13.6 Å². The molecule has 0 spiro atoms. The Morgan fingerprint density at radius 2 is 1.95 bits per heavy atom. The summed E-state index contributed by atoms with van der Waals surface area (Å²) in [6, 6.07) is 7.19. The second-order valence-corrected chi connectivity index (χ2v) is 4.38. The van der Waals surface area contributed by atoms with Crippen LogP contribution in [0, 0.1) is 11.6 Å². The summed E-state index contributed by atoms with van der Waals surface area (Å²) < 4.78 is 31.7. The predicted octanol–water partition coefficient (Wildman–Crippen LogP) is 3.90. The number of halogens is 3. The largest absolute Gasteiger partial charge is 0.489 e. The Morgan fingerprint density at radius 1 is 1.20 bits per heavy atom. The molecule has 0 saturated carbocycles. The molecule has 2 aromatic rings. The highest BCUT2D eigenvalue weighted by atomic mass is 35.5. The lowest BCUT2D eigenvalue weighted by atomic mass is 10.2. The number of rotatable bonds is 4. The Kier molecular flexibility index (Phi) is 4.20. The fraction of sp³-hybridized carbons (Fsp3) is 0.0714. The molecule has 104 valence electrons. The molecule has 20 heavy (non-hydrogen) atoms. The zero-order valence-corrected chi connectivity index (χ0v) is 10.8. The molecule has 0 amide bonds. The van der Waals surface area contributed by atoms with Gasteiger partial charge in [0.25, 0.3) is 0 Å². The Bertz CT molecular complexity index is 659. The summed E-state index contributed by atoms with van der Waals surface area (Å²) in [4.78, 5) is 10.7. The topological polar surface area (TPSA) is 46.5 Å². The van der Waals surface area contributed by atoms with Gasteiger partial charge in [0, 0.05) is 16.7 Å². The zero-order valence-electron chi connectivity index (χ0n) is 10.1. The van der Waals surface area contributed by atoms with Crippen LogP contribution < -0.4 is 4.74 Å². The van der Waals surface area contributed by atoms with Gasteiger partial charge >= 0.3 is 5.97 Å². The van der Waals surface area contributed by atoms with Gasteiger partial charge in [-0.3, -0.25) is 0 Å². The lowest BCUT2D eigenvalue weighted by Crippen LogP contribution is -2.02. The standard InChI is InChI=1S/C14H9ClF2O3/c15-12-4-1-9(16)5-8(12)7-20-10-2-3-11(14(18)19)13(17)6-10/h1-6H,7H2,(H,18,19). The van der Waals surface area contributed by atoms with E-state index in [1.807, 2.05) is 0 Å². The van der Waals surface area contributed by atoms with Gasteiger partial charge in [0.15, 0.2) is 0 Å². The average molecular weight is 299 g/mol. The van der Waals surface area contributed by atoms with Crippen LogP contribution in [0.15, 0.2) is 36.4 Å². The lowest BCUT2D eigenvalue weighted by Gasteiger charge is -2.08. The monoisotopic (exact) mass is 298 g/mol. The van der Waals surface area contributed by atoms with Crippen molar-refractivity contribution in [1.29, 1.82) is 0 Å². The molecule has 0 saturated heterocycles. The van der Waals surface area contributed by atoms with Crippen LogP contribution in [0.5, 0.6) is 5.75 Å². The van der Waals surface area contributed by atoms with Crippen LogP contribution in [0.2, 0.25) is 5.02 Å². The maximum absolute atomic E-state index is 13.4. The van der Waals surface area contributed by atoms with Crippen LogP contribution >= 0.6 is 11.6 Å². The molecular weight excluding hydrogens is 290 g/mol. The highest BCUT2D eigenvalue weighted by Crippen LogP contribution is 2.21. The third kappa shape index (κ3) is 3.24. The van der Waals surface area contributed by atoms with Crippen LogP contribution in [-0.4, -0.2) is 11.1 Å². The van der Waals surface area contributed by atoms with Crippen molar-refractivity contribution in [3.8, 4) is 5.75 Å². The summed E-state index contributed by atoms with van der Waals surface area (Å²) in [6.07, 6.45) is 0. The van der Waals surface area contributed by atoms with Crippen molar-refractivity contribution in [3.63, 3.8) is 0 Å². The van der Waals surface area contributed by atoms with Crippen molar-refractivity contribution in [3.05, 3.63) is 64.2 Å². The lowest BCUT2D eigenvalue weighted by molar-refractivity contribution is 0.0692. The molecular formula is C14H9ClF2O3. The highest BCUT2D eigenvalue weighted by molar-refractivity contribution is 6.31. The van der Waals surface area contributed by atoms with E-state index in [4.69, 9.17) is 21.4 Å². The molecule has 0 radical (unpaired) electrons. The summed E-state index contributed by atoms with van der Waals surface area (Å²) >= 11 is 5.86. The van der Waals surface area contributed by atoms with Gasteiger partial charge in [-0.1, -0.05) is 11.6 Å². The van der Waals surface area contributed by atoms with E-state index >= 15 is 0 Å². The van der Waals surface area contributed by atoms with E-state index in [1.165, 1.54) is 24.3 Å². The van der Waals surface area contributed by atoms with E-state index in [0.29, 0.717) is 10.6 Å². The summed E-state index contributed by atoms with van der Waals surface area (Å²) in [5.41, 5.74) is -0.0319. The quantitative estimate of drug-likeness (QED) is 0.931. The zero-order chi connectivity index (χ0) is 14.7. The van der Waals surface area contributed by atoms with Crippen LogP contribution in [-0.2, 0) is 6.61 Å². The summed E-state index contributed by atoms with van der Waals surface area (Å²) in [5, 5.41) is 9.02. The highest BCUT2D eigenvalue weighted by Gasteiger charge is 2.11. The first-order valence-electron chi connectivity index (χ1n) is 5.57. The minimum Gasteiger partial charge on any atom is -0.489 e. The first-order chi connectivity index (χ1) is 9.47. The summed E-state index contributed by atoms with van der Waals surface area (Å²) in [7, 11) is 0. The van der Waals surface area contributed by atoms with Gasteiger partial charge in [0.05, 0.1) is 5.56 Å². The Hall–Kier alpha value is -2.14. The number of hydrogen-bond donors (Lipinski definition) is 1. The summed E-state index contributed by atoms with van der Waals surface area (Å²) in [6.45, 7) is -0.0531.